The summed E-state index contributed by atoms with van der Waals surface area (Å²) in [6, 6.07) is 11.9. The van der Waals surface area contributed by atoms with Crippen molar-refractivity contribution in [3.05, 3.63) is 63.7 Å². The van der Waals surface area contributed by atoms with Crippen LogP contribution < -0.4 is 0 Å². The van der Waals surface area contributed by atoms with Gasteiger partial charge in [0.1, 0.15) is 0 Å². The average Bonchev–Trinajstić information content (AvgIpc) is 3.04. The second-order valence-corrected chi connectivity index (χ2v) is 18.9. The van der Waals surface area contributed by atoms with Gasteiger partial charge in [0.2, 0.25) is 0 Å². The van der Waals surface area contributed by atoms with Crippen molar-refractivity contribution in [1.29, 1.82) is 0 Å². The van der Waals surface area contributed by atoms with Gasteiger partial charge in [-0.15, -0.1) is 0 Å². The monoisotopic (exact) mass is 533 g/mol. The molecule has 0 radical (unpaired) electrons. The van der Waals surface area contributed by atoms with Crippen LogP contribution in [0.4, 0.5) is 0 Å². The van der Waals surface area contributed by atoms with E-state index in [0.717, 1.165) is 19.3 Å². The fourth-order valence-corrected chi connectivity index (χ4v) is 10.2. The summed E-state index contributed by atoms with van der Waals surface area (Å²) in [5, 5.41) is 0. The van der Waals surface area contributed by atoms with E-state index in [4.69, 9.17) is 17.0 Å². The number of fused-ring (bicyclic) bond motifs is 1. The third kappa shape index (κ3) is 5.59. The fourth-order valence-electron chi connectivity index (χ4n) is 4.77. The molecule has 0 spiro atoms. The van der Waals surface area contributed by atoms with Crippen molar-refractivity contribution >= 4 is 23.1 Å². The molecule has 167 valence electrons. The van der Waals surface area contributed by atoms with Crippen molar-refractivity contribution in [3.63, 3.8) is 0 Å². The van der Waals surface area contributed by atoms with Gasteiger partial charge in [-0.05, 0) is 0 Å². The van der Waals surface area contributed by atoms with E-state index in [0.29, 0.717) is 17.8 Å². The molecule has 0 saturated carbocycles. The summed E-state index contributed by atoms with van der Waals surface area (Å²) in [7, 11) is 13.5. The molecule has 31 heavy (non-hydrogen) atoms. The van der Waals surface area contributed by atoms with Crippen LogP contribution in [-0.2, 0) is 25.8 Å². The van der Waals surface area contributed by atoms with Crippen molar-refractivity contribution in [2.45, 2.75) is 83.2 Å². The van der Waals surface area contributed by atoms with E-state index in [2.05, 4.69) is 84.9 Å². The molecule has 0 nitrogen and oxygen atoms in total. The van der Waals surface area contributed by atoms with Crippen LogP contribution in [0.1, 0.15) is 105 Å². The van der Waals surface area contributed by atoms with Crippen LogP contribution in [0.5, 0.6) is 0 Å². The van der Waals surface area contributed by atoms with E-state index in [1.54, 1.807) is 0 Å². The summed E-state index contributed by atoms with van der Waals surface area (Å²) >= 11 is -2.51. The van der Waals surface area contributed by atoms with Crippen LogP contribution in [0.3, 0.4) is 0 Å². The van der Waals surface area contributed by atoms with E-state index < -0.39 is 19.4 Å². The average molecular weight is 536 g/mol. The van der Waals surface area contributed by atoms with E-state index in [1.165, 1.54) is 44.5 Å². The Morgan fingerprint density at radius 3 is 2.00 bits per heavy atom. The summed E-state index contributed by atoms with van der Waals surface area (Å²) in [6.45, 7) is 16.0. The Kier molecular flexibility index (Phi) is 8.73. The predicted octanol–water partition coefficient (Wildman–Crippen LogP) is 9.96. The molecule has 2 aromatic carbocycles. The zero-order valence-corrected chi connectivity index (χ0v) is 24.1. The quantitative estimate of drug-likeness (QED) is 0.315. The Morgan fingerprint density at radius 1 is 0.903 bits per heavy atom. The van der Waals surface area contributed by atoms with Crippen LogP contribution in [0, 0.1) is 5.92 Å². The molecular formula is C28H37Cl2Zr. The molecule has 3 heteroatoms. The van der Waals surface area contributed by atoms with Gasteiger partial charge in [0.15, 0.2) is 0 Å². The molecule has 0 bridgehead atoms. The number of hydrogen-bond donors (Lipinski definition) is 0. The molecule has 2 aromatic rings. The van der Waals surface area contributed by atoms with Crippen LogP contribution in [0.15, 0.2) is 35.9 Å². The van der Waals surface area contributed by atoms with Gasteiger partial charge in [0.25, 0.3) is 0 Å². The first-order chi connectivity index (χ1) is 14.6. The molecule has 1 aliphatic carbocycles. The summed E-state index contributed by atoms with van der Waals surface area (Å²) in [4.78, 5) is 0. The molecule has 0 heterocycles. The maximum absolute atomic E-state index is 6.74. The number of hydrogen-bond acceptors (Lipinski definition) is 0. The number of rotatable bonds is 8. The molecule has 3 rings (SSSR count). The molecular weight excluding hydrogens is 498 g/mol. The molecule has 0 N–H and O–H groups in total. The van der Waals surface area contributed by atoms with Gasteiger partial charge < -0.3 is 0 Å². The van der Waals surface area contributed by atoms with Crippen LogP contribution in [-0.4, -0.2) is 0 Å². The molecule has 0 aromatic heterocycles. The molecule has 1 atom stereocenters. The van der Waals surface area contributed by atoms with Crippen molar-refractivity contribution in [3.8, 4) is 11.1 Å². The normalized spacial score (nSPS) is 15.7. The summed E-state index contributed by atoms with van der Waals surface area (Å²) < 4.78 is 0.287. The third-order valence-corrected chi connectivity index (χ3v) is 11.7. The molecule has 1 aliphatic rings. The predicted molar refractivity (Wildman–Crippen MR) is 136 cm³/mol. The second-order valence-electron chi connectivity index (χ2n) is 10.1. The minimum atomic E-state index is -2.51. The van der Waals surface area contributed by atoms with E-state index in [1.807, 2.05) is 0 Å². The van der Waals surface area contributed by atoms with Crippen molar-refractivity contribution in [1.82, 2.24) is 0 Å². The summed E-state index contributed by atoms with van der Waals surface area (Å²) in [5.41, 5.74) is 11.3. The molecule has 0 saturated heterocycles. The van der Waals surface area contributed by atoms with Gasteiger partial charge in [-0.25, -0.2) is 0 Å². The Bertz CT molecular complexity index is 927. The van der Waals surface area contributed by atoms with E-state index in [9.17, 15) is 0 Å². The topological polar surface area (TPSA) is 0 Å². The van der Waals surface area contributed by atoms with E-state index >= 15 is 0 Å². The Labute approximate surface area is 205 Å². The van der Waals surface area contributed by atoms with Crippen molar-refractivity contribution in [2.75, 3.05) is 0 Å². The summed E-state index contributed by atoms with van der Waals surface area (Å²) in [6.07, 6.45) is 5.77. The van der Waals surface area contributed by atoms with Gasteiger partial charge >= 0.3 is 206 Å². The van der Waals surface area contributed by atoms with Gasteiger partial charge in [0.05, 0.1) is 0 Å². The number of aryl methyl sites for hydroxylation is 1. The SMILES string of the molecule is CCCc1ccc2c(c1-c1cc(C(C)C)cc(C(C)C)c1)C=C(CC(C)C)[CH]2[Zr]([Cl])[Cl]. The number of allylic oxidation sites excluding steroid dienone is 1. The van der Waals surface area contributed by atoms with Crippen LogP contribution >= 0.6 is 17.0 Å². The molecule has 0 aliphatic heterocycles. The van der Waals surface area contributed by atoms with Gasteiger partial charge in [-0.1, -0.05) is 0 Å². The van der Waals surface area contributed by atoms with Crippen molar-refractivity contribution in [2.24, 2.45) is 5.92 Å². The first-order valence-electron chi connectivity index (χ1n) is 11.8. The van der Waals surface area contributed by atoms with Crippen LogP contribution in [0.2, 0.25) is 0 Å². The van der Waals surface area contributed by atoms with Gasteiger partial charge in [0, 0.05) is 0 Å². The van der Waals surface area contributed by atoms with Crippen molar-refractivity contribution < 1.29 is 19.4 Å². The zero-order chi connectivity index (χ0) is 22.9. The number of benzene rings is 2. The Hall–Kier alpha value is -0.357. The maximum atomic E-state index is 6.74. The molecule has 0 fully saturated rings. The Balaban J connectivity index is 2.30. The molecule has 0 amide bonds. The Morgan fingerprint density at radius 2 is 1.52 bits per heavy atom. The molecule has 1 unspecified atom stereocenters. The standard InChI is InChI=1S/C28H37.2ClH.Zr/c1-8-9-22-10-11-23-13-21(12-18(2)3)14-27(23)28(22)26-16-24(19(4)5)15-25(17-26)20(6)7;;;/h10-11,13-20H,8-9,12H2,1-7H3;2*1H;/q;;;+2/p-2. The fraction of sp³-hybridized carbons (Fsp3) is 0.500. The zero-order valence-electron chi connectivity index (χ0n) is 20.2. The second kappa shape index (κ2) is 10.7. The van der Waals surface area contributed by atoms with Gasteiger partial charge in [-0.2, -0.15) is 0 Å². The number of halogens is 2. The van der Waals surface area contributed by atoms with E-state index in [-0.39, 0.29) is 3.63 Å². The minimum absolute atomic E-state index is 0.287. The third-order valence-electron chi connectivity index (χ3n) is 6.36. The first-order valence-corrected chi connectivity index (χ1v) is 19.6. The summed E-state index contributed by atoms with van der Waals surface area (Å²) in [5.74, 6) is 1.62. The van der Waals surface area contributed by atoms with Gasteiger partial charge in [-0.3, -0.25) is 0 Å². The van der Waals surface area contributed by atoms with Crippen LogP contribution in [0.25, 0.3) is 17.2 Å². The first kappa shape index (κ1) is 25.3.